The van der Waals surface area contributed by atoms with Crippen LogP contribution in [0.5, 0.6) is 0 Å². The van der Waals surface area contributed by atoms with Crippen LogP contribution < -0.4 is 10.6 Å². The molecule has 0 bridgehead atoms. The van der Waals surface area contributed by atoms with Gasteiger partial charge in [0.25, 0.3) is 0 Å². The second-order valence-corrected chi connectivity index (χ2v) is 14.1. The third-order valence-corrected chi connectivity index (χ3v) is 8.12. The Morgan fingerprint density at radius 3 is 1.83 bits per heavy atom. The molecule has 0 saturated heterocycles. The number of hydrogen-bond donors (Lipinski definition) is 2. The molecular formula is C34H43F6N3O4. The number of benzene rings is 2. The summed E-state index contributed by atoms with van der Waals surface area (Å²) in [6.45, 7) is 11.6. The first-order valence-corrected chi connectivity index (χ1v) is 15.4. The molecule has 2 aromatic rings. The summed E-state index contributed by atoms with van der Waals surface area (Å²) in [7, 11) is 0. The molecule has 0 radical (unpaired) electrons. The monoisotopic (exact) mass is 671 g/mol. The molecule has 0 aromatic heterocycles. The zero-order valence-corrected chi connectivity index (χ0v) is 27.7. The predicted molar refractivity (Wildman–Crippen MR) is 164 cm³/mol. The molecule has 3 rings (SSSR count). The van der Waals surface area contributed by atoms with Crippen LogP contribution in [-0.2, 0) is 32.2 Å². The minimum Gasteiger partial charge on any atom is -0.444 e. The Morgan fingerprint density at radius 2 is 1.38 bits per heavy atom. The fourth-order valence-electron chi connectivity index (χ4n) is 5.53. The summed E-state index contributed by atoms with van der Waals surface area (Å²) in [6, 6.07) is 9.74. The Morgan fingerprint density at radius 1 is 0.872 bits per heavy atom. The van der Waals surface area contributed by atoms with Gasteiger partial charge in [-0.2, -0.15) is 26.3 Å². The van der Waals surface area contributed by atoms with E-state index in [0.29, 0.717) is 43.4 Å². The number of nitrogens with one attached hydrogen (secondary N) is 2. The zero-order chi connectivity index (χ0) is 35.6. The molecule has 7 nitrogen and oxygen atoms in total. The maximum atomic E-state index is 13.6. The minimum atomic E-state index is -5.04. The van der Waals surface area contributed by atoms with Gasteiger partial charge < -0.3 is 15.4 Å². The molecule has 0 heterocycles. The Labute approximate surface area is 271 Å². The first-order valence-electron chi connectivity index (χ1n) is 15.4. The highest BCUT2D eigenvalue weighted by Gasteiger charge is 2.42. The van der Waals surface area contributed by atoms with Crippen molar-refractivity contribution in [1.82, 2.24) is 15.5 Å². The highest BCUT2D eigenvalue weighted by molar-refractivity contribution is 5.84. The second-order valence-electron chi connectivity index (χ2n) is 14.1. The summed E-state index contributed by atoms with van der Waals surface area (Å²) < 4.78 is 86.4. The van der Waals surface area contributed by atoms with E-state index < -0.39 is 69.5 Å². The number of rotatable bonds is 7. The summed E-state index contributed by atoms with van der Waals surface area (Å²) in [5, 5.41) is 5.90. The summed E-state index contributed by atoms with van der Waals surface area (Å²) >= 11 is 0. The first-order chi connectivity index (χ1) is 21.4. The Balaban J connectivity index is 1.80. The van der Waals surface area contributed by atoms with Gasteiger partial charge in [-0.15, -0.1) is 0 Å². The van der Waals surface area contributed by atoms with Gasteiger partial charge in [-0.1, -0.05) is 30.3 Å². The SMILES string of the molecule is C[C@H](C(=O)NC1(c2ccccc2)CCC(NC(=O)CN(C(=O)OC(C)(C)C)C(C)(C)C)CC1)c1cc(C(F)(F)F)cc(C(F)(F)F)c1. The van der Waals surface area contributed by atoms with Crippen LogP contribution >= 0.6 is 0 Å². The van der Waals surface area contributed by atoms with Crippen molar-refractivity contribution in [3.05, 3.63) is 70.8 Å². The van der Waals surface area contributed by atoms with Gasteiger partial charge in [0.15, 0.2) is 0 Å². The largest absolute Gasteiger partial charge is 0.444 e. The number of alkyl halides is 6. The van der Waals surface area contributed by atoms with Crippen molar-refractivity contribution < 1.29 is 45.5 Å². The standard InChI is InChI=1S/C34H43F6N3O4/c1-21(22-17-24(33(35,36)37)19-25(18-22)34(38,39)40)28(45)42-32(23-11-9-8-10-12-23)15-13-26(14-16-32)41-27(44)20-43(30(2,3)4)29(46)47-31(5,6)7/h8-12,17-19,21,26H,13-16,20H2,1-7H3,(H,41,44)(H,42,45)/t21-,26?,32?/m0/s1. The lowest BCUT2D eigenvalue weighted by molar-refractivity contribution is -0.143. The molecule has 260 valence electrons. The van der Waals surface area contributed by atoms with E-state index in [1.807, 2.05) is 0 Å². The third kappa shape index (κ3) is 10.1. The molecule has 0 spiro atoms. The summed E-state index contributed by atoms with van der Waals surface area (Å²) in [6.07, 6.45) is -9.27. The molecule has 47 heavy (non-hydrogen) atoms. The molecule has 2 N–H and O–H groups in total. The fraction of sp³-hybridized carbons (Fsp3) is 0.559. The molecule has 13 heteroatoms. The average Bonchev–Trinajstić information content (AvgIpc) is 2.94. The van der Waals surface area contributed by atoms with E-state index in [1.165, 1.54) is 11.8 Å². The molecule has 1 fully saturated rings. The topological polar surface area (TPSA) is 87.7 Å². The number of ether oxygens (including phenoxy) is 1. The highest BCUT2D eigenvalue weighted by atomic mass is 19.4. The lowest BCUT2D eigenvalue weighted by atomic mass is 9.74. The van der Waals surface area contributed by atoms with Crippen molar-refractivity contribution in [2.45, 2.75) is 115 Å². The third-order valence-electron chi connectivity index (χ3n) is 8.12. The van der Waals surface area contributed by atoms with E-state index in [9.17, 15) is 40.7 Å². The normalized spacial score (nSPS) is 19.8. The Bertz CT molecular complexity index is 1390. The van der Waals surface area contributed by atoms with E-state index in [1.54, 1.807) is 71.9 Å². The number of carbonyl (C=O) groups is 3. The van der Waals surface area contributed by atoms with Crippen LogP contribution in [0.3, 0.4) is 0 Å². The van der Waals surface area contributed by atoms with Crippen molar-refractivity contribution in [1.29, 1.82) is 0 Å². The van der Waals surface area contributed by atoms with Gasteiger partial charge in [-0.3, -0.25) is 14.5 Å². The van der Waals surface area contributed by atoms with E-state index >= 15 is 0 Å². The maximum absolute atomic E-state index is 13.6. The lowest BCUT2D eigenvalue weighted by Crippen LogP contribution is -2.55. The molecule has 1 saturated carbocycles. The van der Waals surface area contributed by atoms with Gasteiger partial charge in [0.2, 0.25) is 11.8 Å². The number of nitrogens with zero attached hydrogens (tertiary/aromatic N) is 1. The summed E-state index contributed by atoms with van der Waals surface area (Å²) in [5.74, 6) is -2.47. The number of hydrogen-bond acceptors (Lipinski definition) is 4. The molecule has 3 amide bonds. The van der Waals surface area contributed by atoms with Crippen molar-refractivity contribution in [3.8, 4) is 0 Å². The van der Waals surface area contributed by atoms with Gasteiger partial charge in [0, 0.05) is 11.6 Å². The smallest absolute Gasteiger partial charge is 0.416 e. The second kappa shape index (κ2) is 13.8. The van der Waals surface area contributed by atoms with Gasteiger partial charge in [0.1, 0.15) is 12.1 Å². The lowest BCUT2D eigenvalue weighted by Gasteiger charge is -2.42. The first kappa shape index (κ1) is 37.7. The minimum absolute atomic E-state index is 0.0311. The van der Waals surface area contributed by atoms with E-state index in [4.69, 9.17) is 4.74 Å². The van der Waals surface area contributed by atoms with Crippen molar-refractivity contribution in [3.63, 3.8) is 0 Å². The number of carbonyl (C=O) groups excluding carboxylic acids is 3. The van der Waals surface area contributed by atoms with E-state index in [2.05, 4.69) is 10.6 Å². The molecule has 1 aliphatic carbocycles. The summed E-state index contributed by atoms with van der Waals surface area (Å²) in [5.41, 5.74) is -5.14. The fourth-order valence-corrected chi connectivity index (χ4v) is 5.53. The molecule has 1 atom stereocenters. The summed E-state index contributed by atoms with van der Waals surface area (Å²) in [4.78, 5) is 40.8. The van der Waals surface area contributed by atoms with Crippen molar-refractivity contribution >= 4 is 17.9 Å². The van der Waals surface area contributed by atoms with Crippen LogP contribution in [0.1, 0.15) is 102 Å². The van der Waals surface area contributed by atoms with Crippen molar-refractivity contribution in [2.24, 2.45) is 0 Å². The molecule has 0 unspecified atom stereocenters. The van der Waals surface area contributed by atoms with E-state index in [-0.39, 0.29) is 18.7 Å². The van der Waals surface area contributed by atoms with Crippen LogP contribution in [0.25, 0.3) is 0 Å². The van der Waals surface area contributed by atoms with Crippen LogP contribution in [0.4, 0.5) is 31.1 Å². The van der Waals surface area contributed by atoms with Crippen LogP contribution in [0, 0.1) is 0 Å². The zero-order valence-electron chi connectivity index (χ0n) is 27.7. The van der Waals surface area contributed by atoms with Crippen LogP contribution in [0.2, 0.25) is 0 Å². The number of amides is 3. The van der Waals surface area contributed by atoms with Gasteiger partial charge in [0.05, 0.1) is 22.6 Å². The average molecular weight is 672 g/mol. The molecule has 2 aromatic carbocycles. The number of halogens is 6. The van der Waals surface area contributed by atoms with E-state index in [0.717, 1.165) is 0 Å². The van der Waals surface area contributed by atoms with Crippen molar-refractivity contribution in [2.75, 3.05) is 6.54 Å². The quantitative estimate of drug-likeness (QED) is 0.293. The van der Waals surface area contributed by atoms with Crippen LogP contribution in [-0.4, -0.2) is 46.5 Å². The van der Waals surface area contributed by atoms with Gasteiger partial charge in [-0.25, -0.2) is 4.79 Å². The predicted octanol–water partition coefficient (Wildman–Crippen LogP) is 7.93. The van der Waals surface area contributed by atoms with Gasteiger partial charge in [-0.05, 0) is 103 Å². The van der Waals surface area contributed by atoms with Gasteiger partial charge >= 0.3 is 18.4 Å². The molecule has 1 aliphatic rings. The maximum Gasteiger partial charge on any atom is 0.416 e. The molecule has 0 aliphatic heterocycles. The Hall–Kier alpha value is -3.77. The Kier molecular flexibility index (Phi) is 11.0. The highest BCUT2D eigenvalue weighted by Crippen LogP contribution is 2.40. The molecular weight excluding hydrogens is 628 g/mol. The van der Waals surface area contributed by atoms with Crippen LogP contribution in [0.15, 0.2) is 48.5 Å².